The first-order valence-electron chi connectivity index (χ1n) is 10.7. The van der Waals surface area contributed by atoms with E-state index in [0.29, 0.717) is 26.2 Å². The fraction of sp³-hybridized carbons (Fsp3) is 0.571. The van der Waals surface area contributed by atoms with Gasteiger partial charge >= 0.3 is 0 Å². The summed E-state index contributed by atoms with van der Waals surface area (Å²) in [7, 11) is -3.15. The van der Waals surface area contributed by atoms with E-state index >= 15 is 0 Å². The third-order valence-electron chi connectivity index (χ3n) is 6.00. The Morgan fingerprint density at radius 2 is 1.94 bits per heavy atom. The van der Waals surface area contributed by atoms with Crippen LogP contribution in [-0.2, 0) is 24.2 Å². The van der Waals surface area contributed by atoms with Crippen molar-refractivity contribution in [2.24, 2.45) is 5.10 Å². The van der Waals surface area contributed by atoms with Crippen molar-refractivity contribution in [3.05, 3.63) is 35.9 Å². The van der Waals surface area contributed by atoms with E-state index in [0.717, 1.165) is 18.7 Å². The molecule has 2 atom stereocenters. The number of nitrogens with zero attached hydrogens (tertiary/aromatic N) is 3. The van der Waals surface area contributed by atoms with Crippen LogP contribution in [0.2, 0.25) is 0 Å². The minimum absolute atomic E-state index is 0.0101. The minimum atomic E-state index is -3.15. The highest BCUT2D eigenvalue weighted by Gasteiger charge is 2.37. The summed E-state index contributed by atoms with van der Waals surface area (Å²) >= 11 is 0. The minimum Gasteiger partial charge on any atom is -0.379 e. The monoisotopic (exact) mass is 448 g/mol. The van der Waals surface area contributed by atoms with Crippen molar-refractivity contribution in [1.82, 2.24) is 15.2 Å². The Hall–Kier alpha value is -2.30. The molecule has 168 valence electrons. The van der Waals surface area contributed by atoms with Crippen molar-refractivity contribution in [2.75, 3.05) is 44.4 Å². The summed E-state index contributed by atoms with van der Waals surface area (Å²) in [5, 5.41) is 8.47. The summed E-state index contributed by atoms with van der Waals surface area (Å²) in [6, 6.07) is 9.55. The molecule has 9 nitrogen and oxygen atoms in total. The average Bonchev–Trinajstić information content (AvgIpc) is 3.15. The van der Waals surface area contributed by atoms with E-state index in [1.807, 2.05) is 30.3 Å². The van der Waals surface area contributed by atoms with Crippen molar-refractivity contribution in [3.63, 3.8) is 0 Å². The van der Waals surface area contributed by atoms with E-state index in [2.05, 4.69) is 15.3 Å². The van der Waals surface area contributed by atoms with Crippen molar-refractivity contribution in [1.29, 1.82) is 0 Å². The van der Waals surface area contributed by atoms with Crippen molar-refractivity contribution in [2.45, 2.75) is 31.3 Å². The second-order valence-electron chi connectivity index (χ2n) is 8.13. The first-order valence-corrected chi connectivity index (χ1v) is 12.5. The highest BCUT2D eigenvalue weighted by molar-refractivity contribution is 7.91. The predicted octanol–water partition coefficient (Wildman–Crippen LogP) is 0.342. The van der Waals surface area contributed by atoms with Gasteiger partial charge in [-0.2, -0.15) is 5.10 Å². The smallest absolute Gasteiger partial charge is 0.267 e. The lowest BCUT2D eigenvalue weighted by atomic mass is 10.0. The molecule has 0 saturated carbocycles. The molecule has 3 aliphatic heterocycles. The quantitative estimate of drug-likeness (QED) is 0.672. The number of rotatable bonds is 6. The maximum absolute atomic E-state index is 12.9. The first kappa shape index (κ1) is 21.9. The molecule has 0 radical (unpaired) electrons. The molecular weight excluding hydrogens is 420 g/mol. The van der Waals surface area contributed by atoms with Crippen LogP contribution in [0, 0.1) is 0 Å². The summed E-state index contributed by atoms with van der Waals surface area (Å²) < 4.78 is 29.0. The number of amides is 2. The van der Waals surface area contributed by atoms with Crippen molar-refractivity contribution in [3.8, 4) is 0 Å². The van der Waals surface area contributed by atoms with Gasteiger partial charge in [0.15, 0.2) is 9.84 Å². The molecule has 31 heavy (non-hydrogen) atoms. The summed E-state index contributed by atoms with van der Waals surface area (Å²) in [6.07, 6.45) is 0.780. The summed E-state index contributed by atoms with van der Waals surface area (Å²) in [5.41, 5.74) is 1.39. The molecule has 2 saturated heterocycles. The predicted molar refractivity (Wildman–Crippen MR) is 115 cm³/mol. The lowest BCUT2D eigenvalue weighted by Gasteiger charge is -2.35. The van der Waals surface area contributed by atoms with Crippen LogP contribution in [0.5, 0.6) is 0 Å². The standard InChI is InChI=1S/C21H28N4O5S/c26-20-7-6-18(23-25(20)17-8-13-31(28,29)15-17)21(27)22-14-19(16-4-2-1-3-5-16)24-9-11-30-12-10-24/h1-5,17,19H,6-15H2,(H,22,27)/t17-,19+/m1/s1. The van der Waals surface area contributed by atoms with Crippen molar-refractivity contribution < 1.29 is 22.7 Å². The SMILES string of the molecule is O=C(NC[C@@H](c1ccccc1)N1CCOCC1)C1=NN([C@@H]2CCS(=O)(=O)C2)C(=O)CC1. The van der Waals surface area contributed by atoms with Gasteiger partial charge < -0.3 is 10.1 Å². The van der Waals surface area contributed by atoms with Gasteiger partial charge in [-0.3, -0.25) is 14.5 Å². The molecule has 0 aliphatic carbocycles. The zero-order chi connectivity index (χ0) is 21.8. The van der Waals surface area contributed by atoms with E-state index in [-0.39, 0.29) is 47.9 Å². The van der Waals surface area contributed by atoms with Gasteiger partial charge in [-0.25, -0.2) is 13.4 Å². The molecule has 0 bridgehead atoms. The fourth-order valence-corrected chi connectivity index (χ4v) is 5.99. The molecule has 0 unspecified atom stereocenters. The van der Waals surface area contributed by atoms with Crippen LogP contribution in [0.3, 0.4) is 0 Å². The molecule has 3 aliphatic rings. The van der Waals surface area contributed by atoms with E-state index in [1.54, 1.807) is 0 Å². The van der Waals surface area contributed by atoms with Crippen LogP contribution in [0.4, 0.5) is 0 Å². The molecule has 1 N–H and O–H groups in total. The molecule has 0 aromatic heterocycles. The molecule has 1 aromatic rings. The maximum atomic E-state index is 12.9. The number of ether oxygens (including phenoxy) is 1. The van der Waals surface area contributed by atoms with Crippen LogP contribution in [0.25, 0.3) is 0 Å². The summed E-state index contributed by atoms with van der Waals surface area (Å²) in [6.45, 7) is 3.30. The number of benzene rings is 1. The first-order chi connectivity index (χ1) is 14.9. The van der Waals surface area contributed by atoms with E-state index in [1.165, 1.54) is 5.01 Å². The number of carbonyl (C=O) groups excluding carboxylic acids is 2. The number of morpholine rings is 1. The lowest BCUT2D eigenvalue weighted by Crippen LogP contribution is -2.47. The number of nitrogens with one attached hydrogen (secondary N) is 1. The maximum Gasteiger partial charge on any atom is 0.267 e. The molecule has 3 heterocycles. The number of hydrogen-bond acceptors (Lipinski definition) is 7. The van der Waals surface area contributed by atoms with Gasteiger partial charge in [0.05, 0.1) is 36.8 Å². The molecule has 4 rings (SSSR count). The molecule has 0 spiro atoms. The summed E-state index contributed by atoms with van der Waals surface area (Å²) in [4.78, 5) is 27.5. The van der Waals surface area contributed by atoms with Gasteiger partial charge in [0.2, 0.25) is 5.91 Å². The molecule has 1 aromatic carbocycles. The Labute approximate surface area is 182 Å². The Morgan fingerprint density at radius 1 is 1.19 bits per heavy atom. The van der Waals surface area contributed by atoms with Gasteiger partial charge in [0, 0.05) is 32.5 Å². The van der Waals surface area contributed by atoms with Gasteiger partial charge in [0.25, 0.3) is 5.91 Å². The van der Waals surface area contributed by atoms with Crippen LogP contribution in [0.1, 0.15) is 30.9 Å². The van der Waals surface area contributed by atoms with Crippen molar-refractivity contribution >= 4 is 27.4 Å². The molecular formula is C21H28N4O5S. The number of hydrazone groups is 1. The number of sulfone groups is 1. The van der Waals surface area contributed by atoms with Gasteiger partial charge in [-0.15, -0.1) is 0 Å². The Morgan fingerprint density at radius 3 is 2.61 bits per heavy atom. The van der Waals surface area contributed by atoms with Crippen LogP contribution in [-0.4, -0.2) is 86.2 Å². The Balaban J connectivity index is 1.44. The Kier molecular flexibility index (Phi) is 6.68. The van der Waals surface area contributed by atoms with E-state index < -0.39 is 15.9 Å². The van der Waals surface area contributed by atoms with Crippen LogP contribution < -0.4 is 5.32 Å². The third-order valence-corrected chi connectivity index (χ3v) is 7.75. The number of hydrogen-bond donors (Lipinski definition) is 1. The van der Waals surface area contributed by atoms with Gasteiger partial charge in [0.1, 0.15) is 5.71 Å². The number of carbonyl (C=O) groups is 2. The van der Waals surface area contributed by atoms with Gasteiger partial charge in [-0.05, 0) is 12.0 Å². The summed E-state index contributed by atoms with van der Waals surface area (Å²) in [5.74, 6) is -0.581. The largest absolute Gasteiger partial charge is 0.379 e. The molecule has 2 amide bonds. The average molecular weight is 449 g/mol. The Bertz CT molecular complexity index is 944. The van der Waals surface area contributed by atoms with E-state index in [9.17, 15) is 18.0 Å². The van der Waals surface area contributed by atoms with E-state index in [4.69, 9.17) is 4.74 Å². The molecule has 2 fully saturated rings. The third kappa shape index (κ3) is 5.31. The van der Waals surface area contributed by atoms with Crippen LogP contribution in [0.15, 0.2) is 35.4 Å². The highest BCUT2D eigenvalue weighted by Crippen LogP contribution is 2.23. The molecule has 10 heteroatoms. The zero-order valence-corrected chi connectivity index (χ0v) is 18.2. The fourth-order valence-electron chi connectivity index (χ4n) is 4.30. The normalized spacial score (nSPS) is 25.2. The van der Waals surface area contributed by atoms with Crippen LogP contribution >= 0.6 is 0 Å². The highest BCUT2D eigenvalue weighted by atomic mass is 32.2. The topological polar surface area (TPSA) is 108 Å². The zero-order valence-electron chi connectivity index (χ0n) is 17.4. The second kappa shape index (κ2) is 9.46. The lowest BCUT2D eigenvalue weighted by molar-refractivity contribution is -0.133. The second-order valence-corrected chi connectivity index (χ2v) is 10.4. The van der Waals surface area contributed by atoms with Gasteiger partial charge in [-0.1, -0.05) is 30.3 Å².